The number of carboxylic acid groups (broad SMARTS) is 1. The highest BCUT2D eigenvalue weighted by Gasteiger charge is 2.09. The fraction of sp³-hybridized carbons (Fsp3) is 0.636. The van der Waals surface area contributed by atoms with Crippen molar-refractivity contribution < 1.29 is 19.4 Å². The molecule has 1 aromatic heterocycles. The molecule has 9 heteroatoms. The zero-order chi connectivity index (χ0) is 15.0. The number of hydrogen-bond donors (Lipinski definition) is 2. The molecular formula is C11H19N5O4. The average Bonchev–Trinajstić information content (AvgIpc) is 2.87. The number of hydrogen-bond acceptors (Lipinski definition) is 5. The Morgan fingerprint density at radius 1 is 1.55 bits per heavy atom. The van der Waals surface area contributed by atoms with E-state index < -0.39 is 5.97 Å². The van der Waals surface area contributed by atoms with Gasteiger partial charge < -0.3 is 20.1 Å². The Morgan fingerprint density at radius 2 is 2.30 bits per heavy atom. The lowest BCUT2D eigenvalue weighted by Crippen LogP contribution is -2.39. The van der Waals surface area contributed by atoms with Crippen molar-refractivity contribution in [3.05, 3.63) is 11.9 Å². The van der Waals surface area contributed by atoms with Gasteiger partial charge in [-0.3, -0.25) is 0 Å². The topological polar surface area (TPSA) is 110 Å². The number of aromatic nitrogens is 3. The summed E-state index contributed by atoms with van der Waals surface area (Å²) in [5.74, 6) is -1.13. The Hall–Kier alpha value is -2.16. The Labute approximate surface area is 116 Å². The van der Waals surface area contributed by atoms with E-state index in [2.05, 4.69) is 15.6 Å². The van der Waals surface area contributed by atoms with Crippen molar-refractivity contribution in [2.75, 3.05) is 33.9 Å². The van der Waals surface area contributed by atoms with Crippen molar-refractivity contribution in [2.45, 2.75) is 13.0 Å². The smallest absolute Gasteiger partial charge is 0.358 e. The number of ether oxygens (including phenoxy) is 1. The van der Waals surface area contributed by atoms with E-state index in [0.29, 0.717) is 26.2 Å². The molecule has 20 heavy (non-hydrogen) atoms. The van der Waals surface area contributed by atoms with Crippen molar-refractivity contribution >= 4 is 12.0 Å². The lowest BCUT2D eigenvalue weighted by Gasteiger charge is -2.17. The van der Waals surface area contributed by atoms with Crippen LogP contribution in [-0.2, 0) is 11.3 Å². The maximum Gasteiger partial charge on any atom is 0.358 e. The third-order valence-corrected chi connectivity index (χ3v) is 2.56. The van der Waals surface area contributed by atoms with Crippen LogP contribution in [0.1, 0.15) is 16.9 Å². The molecule has 112 valence electrons. The molecule has 0 fully saturated rings. The van der Waals surface area contributed by atoms with Gasteiger partial charge in [0.05, 0.1) is 12.7 Å². The fourth-order valence-corrected chi connectivity index (χ4v) is 1.47. The molecule has 0 radical (unpaired) electrons. The fourth-order valence-electron chi connectivity index (χ4n) is 1.47. The molecule has 0 spiro atoms. The molecule has 0 unspecified atom stereocenters. The minimum atomic E-state index is -1.13. The number of aromatic carboxylic acids is 1. The number of amides is 2. The van der Waals surface area contributed by atoms with Crippen LogP contribution in [0.5, 0.6) is 0 Å². The van der Waals surface area contributed by atoms with Crippen LogP contribution in [0.3, 0.4) is 0 Å². The van der Waals surface area contributed by atoms with Crippen molar-refractivity contribution in [1.29, 1.82) is 0 Å². The second-order valence-electron chi connectivity index (χ2n) is 4.17. The van der Waals surface area contributed by atoms with E-state index in [0.717, 1.165) is 6.42 Å². The summed E-state index contributed by atoms with van der Waals surface area (Å²) in [7, 11) is 3.31. The van der Waals surface area contributed by atoms with E-state index in [-0.39, 0.29) is 11.7 Å². The van der Waals surface area contributed by atoms with Crippen molar-refractivity contribution in [1.82, 2.24) is 25.2 Å². The van der Waals surface area contributed by atoms with Gasteiger partial charge >= 0.3 is 12.0 Å². The zero-order valence-corrected chi connectivity index (χ0v) is 11.6. The second kappa shape index (κ2) is 8.10. The van der Waals surface area contributed by atoms with E-state index >= 15 is 0 Å². The Morgan fingerprint density at radius 3 is 2.90 bits per heavy atom. The zero-order valence-electron chi connectivity index (χ0n) is 11.6. The summed E-state index contributed by atoms with van der Waals surface area (Å²) in [5.41, 5.74) is -0.118. The number of carbonyl (C=O) groups excluding carboxylic acids is 1. The largest absolute Gasteiger partial charge is 0.476 e. The molecule has 0 saturated carbocycles. The molecule has 1 aromatic rings. The van der Waals surface area contributed by atoms with Gasteiger partial charge in [0, 0.05) is 33.9 Å². The van der Waals surface area contributed by atoms with Gasteiger partial charge in [0.1, 0.15) is 0 Å². The van der Waals surface area contributed by atoms with Crippen LogP contribution >= 0.6 is 0 Å². The number of rotatable bonds is 8. The first-order valence-electron chi connectivity index (χ1n) is 6.16. The quantitative estimate of drug-likeness (QED) is 0.632. The lowest BCUT2D eigenvalue weighted by molar-refractivity contribution is 0.0690. The van der Waals surface area contributed by atoms with E-state index in [4.69, 9.17) is 9.84 Å². The first-order chi connectivity index (χ1) is 9.54. The second-order valence-corrected chi connectivity index (χ2v) is 4.17. The molecule has 2 amide bonds. The molecule has 0 bridgehead atoms. The number of carbonyl (C=O) groups is 2. The number of methoxy groups -OCH3 is 1. The first kappa shape index (κ1) is 15.9. The van der Waals surface area contributed by atoms with E-state index in [1.165, 1.54) is 10.9 Å². The summed E-state index contributed by atoms with van der Waals surface area (Å²) in [5, 5.41) is 18.5. The Balaban J connectivity index is 2.25. The monoisotopic (exact) mass is 285 g/mol. The van der Waals surface area contributed by atoms with Crippen LogP contribution in [0, 0.1) is 0 Å². The van der Waals surface area contributed by atoms with Crippen LogP contribution in [0.2, 0.25) is 0 Å². The summed E-state index contributed by atoms with van der Waals surface area (Å²) >= 11 is 0. The van der Waals surface area contributed by atoms with Gasteiger partial charge in [-0.15, -0.1) is 5.10 Å². The Bertz CT molecular complexity index is 448. The van der Waals surface area contributed by atoms with Crippen LogP contribution in [0.15, 0.2) is 6.20 Å². The molecule has 0 aliphatic heterocycles. The van der Waals surface area contributed by atoms with Crippen molar-refractivity contribution in [3.63, 3.8) is 0 Å². The van der Waals surface area contributed by atoms with Gasteiger partial charge in [0.15, 0.2) is 5.69 Å². The molecule has 0 saturated heterocycles. The minimum absolute atomic E-state index is 0.118. The summed E-state index contributed by atoms with van der Waals surface area (Å²) in [6.07, 6.45) is 2.09. The summed E-state index contributed by atoms with van der Waals surface area (Å²) < 4.78 is 6.28. The lowest BCUT2D eigenvalue weighted by atomic mass is 10.4. The predicted molar refractivity (Wildman–Crippen MR) is 69.5 cm³/mol. The molecule has 1 rings (SSSR count). The summed E-state index contributed by atoms with van der Waals surface area (Å²) in [6, 6.07) is -0.195. The van der Waals surface area contributed by atoms with Gasteiger partial charge in [-0.05, 0) is 6.42 Å². The third-order valence-electron chi connectivity index (χ3n) is 2.56. The van der Waals surface area contributed by atoms with E-state index in [9.17, 15) is 9.59 Å². The van der Waals surface area contributed by atoms with Crippen LogP contribution in [0.4, 0.5) is 4.79 Å². The van der Waals surface area contributed by atoms with Gasteiger partial charge in [0.25, 0.3) is 0 Å². The Kier molecular flexibility index (Phi) is 6.44. The molecule has 1 heterocycles. The third kappa shape index (κ3) is 5.22. The summed E-state index contributed by atoms with van der Waals surface area (Å²) in [6.45, 7) is 1.91. The first-order valence-corrected chi connectivity index (χ1v) is 6.16. The van der Waals surface area contributed by atoms with Gasteiger partial charge in [-0.25, -0.2) is 14.3 Å². The predicted octanol–water partition coefficient (Wildman–Crippen LogP) is -0.346. The highest BCUT2D eigenvalue weighted by atomic mass is 16.5. The standard InChI is InChI=1S/C11H19N5O4/c1-15(5-3-7-20-2)11(19)12-4-6-16-8-9(10(17)18)13-14-16/h8H,3-7H2,1-2H3,(H,12,19)(H,17,18). The number of nitrogens with zero attached hydrogens (tertiary/aromatic N) is 4. The molecule has 0 aliphatic rings. The van der Waals surface area contributed by atoms with Crippen LogP contribution in [-0.4, -0.2) is 70.9 Å². The number of urea groups is 1. The highest BCUT2D eigenvalue weighted by molar-refractivity contribution is 5.84. The van der Waals surface area contributed by atoms with Crippen LogP contribution in [0.25, 0.3) is 0 Å². The van der Waals surface area contributed by atoms with E-state index in [1.807, 2.05) is 0 Å². The van der Waals surface area contributed by atoms with E-state index in [1.54, 1.807) is 19.1 Å². The van der Waals surface area contributed by atoms with Gasteiger partial charge in [0.2, 0.25) is 0 Å². The maximum atomic E-state index is 11.7. The normalized spacial score (nSPS) is 10.3. The number of nitrogens with one attached hydrogen (secondary N) is 1. The molecule has 2 N–H and O–H groups in total. The molecule has 0 atom stereocenters. The average molecular weight is 285 g/mol. The minimum Gasteiger partial charge on any atom is -0.476 e. The summed E-state index contributed by atoms with van der Waals surface area (Å²) in [4.78, 5) is 23.8. The van der Waals surface area contributed by atoms with Gasteiger partial charge in [-0.1, -0.05) is 5.21 Å². The SMILES string of the molecule is COCCCN(C)C(=O)NCCn1cc(C(=O)O)nn1. The van der Waals surface area contributed by atoms with Crippen molar-refractivity contribution in [3.8, 4) is 0 Å². The molecular weight excluding hydrogens is 266 g/mol. The number of carboxylic acids is 1. The molecule has 9 nitrogen and oxygen atoms in total. The maximum absolute atomic E-state index is 11.7. The molecule has 0 aromatic carbocycles. The highest BCUT2D eigenvalue weighted by Crippen LogP contribution is 1.93. The van der Waals surface area contributed by atoms with Crippen molar-refractivity contribution in [2.24, 2.45) is 0 Å². The molecule has 0 aliphatic carbocycles. The van der Waals surface area contributed by atoms with Gasteiger partial charge in [-0.2, -0.15) is 0 Å². The van der Waals surface area contributed by atoms with Crippen LogP contribution < -0.4 is 5.32 Å².